The molecule has 0 aliphatic carbocycles. The molecule has 0 unspecified atom stereocenters. The molecular formula is C28H22FN3O4. The normalized spacial score (nSPS) is 14.4. The van der Waals surface area contributed by atoms with E-state index in [1.54, 1.807) is 31.3 Å². The molecule has 6 rings (SSSR count). The largest absolute Gasteiger partial charge is 0.508 e. The molecule has 36 heavy (non-hydrogen) atoms. The van der Waals surface area contributed by atoms with E-state index in [2.05, 4.69) is 0 Å². The maximum Gasteiger partial charge on any atom is 0.331 e. The smallest absolute Gasteiger partial charge is 0.331 e. The van der Waals surface area contributed by atoms with E-state index < -0.39 is 23.2 Å². The summed E-state index contributed by atoms with van der Waals surface area (Å²) < 4.78 is 24.7. The minimum absolute atomic E-state index is 0.0393. The number of phenols is 1. The fourth-order valence-electron chi connectivity index (χ4n) is 5.08. The summed E-state index contributed by atoms with van der Waals surface area (Å²) in [6.45, 7) is 1.87. The van der Waals surface area contributed by atoms with Gasteiger partial charge in [0, 0.05) is 19.7 Å². The lowest BCUT2D eigenvalue weighted by atomic mass is 10.0. The van der Waals surface area contributed by atoms with E-state index in [0.29, 0.717) is 44.9 Å². The molecule has 0 saturated heterocycles. The highest BCUT2D eigenvalue weighted by Crippen LogP contribution is 2.47. The monoisotopic (exact) mass is 483 g/mol. The Morgan fingerprint density at radius 1 is 0.944 bits per heavy atom. The van der Waals surface area contributed by atoms with Crippen molar-refractivity contribution in [1.82, 2.24) is 13.7 Å². The lowest BCUT2D eigenvalue weighted by Crippen LogP contribution is -2.37. The first-order valence-electron chi connectivity index (χ1n) is 11.4. The van der Waals surface area contributed by atoms with E-state index in [1.807, 2.05) is 41.8 Å². The average molecular weight is 483 g/mol. The number of ether oxygens (including phenoxy) is 1. The van der Waals surface area contributed by atoms with E-state index in [0.717, 1.165) is 10.1 Å². The van der Waals surface area contributed by atoms with Crippen LogP contribution in [0.15, 0.2) is 76.3 Å². The van der Waals surface area contributed by atoms with E-state index in [-0.39, 0.29) is 5.75 Å². The van der Waals surface area contributed by atoms with Gasteiger partial charge in [0.2, 0.25) is 0 Å². The van der Waals surface area contributed by atoms with Crippen LogP contribution >= 0.6 is 0 Å². The van der Waals surface area contributed by atoms with Gasteiger partial charge in [0.25, 0.3) is 5.56 Å². The zero-order valence-corrected chi connectivity index (χ0v) is 19.8. The molecule has 0 saturated carbocycles. The molecule has 0 fully saturated rings. The van der Waals surface area contributed by atoms with Gasteiger partial charge in [0.05, 0.1) is 28.0 Å². The number of phenolic OH excluding ortho intramolecular Hbond substituents is 1. The lowest BCUT2D eigenvalue weighted by Gasteiger charge is -2.30. The Kier molecular flexibility index (Phi) is 4.69. The fourth-order valence-corrected chi connectivity index (χ4v) is 5.08. The Hall–Kier alpha value is -4.59. The summed E-state index contributed by atoms with van der Waals surface area (Å²) in [6.07, 6.45) is -0.824. The van der Waals surface area contributed by atoms with Crippen molar-refractivity contribution in [2.24, 2.45) is 14.1 Å². The van der Waals surface area contributed by atoms with Crippen molar-refractivity contribution < 1.29 is 14.2 Å². The number of aromatic nitrogens is 3. The first kappa shape index (κ1) is 21.9. The zero-order valence-electron chi connectivity index (χ0n) is 19.8. The first-order chi connectivity index (χ1) is 17.3. The number of benzene rings is 3. The van der Waals surface area contributed by atoms with Gasteiger partial charge in [-0.15, -0.1) is 0 Å². The summed E-state index contributed by atoms with van der Waals surface area (Å²) in [6, 6.07) is 18.5. The lowest BCUT2D eigenvalue weighted by molar-refractivity contribution is 0.224. The van der Waals surface area contributed by atoms with Gasteiger partial charge in [-0.2, -0.15) is 0 Å². The third kappa shape index (κ3) is 2.97. The maximum absolute atomic E-state index is 13.9. The summed E-state index contributed by atoms with van der Waals surface area (Å²) in [5, 5.41) is 11.2. The topological polar surface area (TPSA) is 78.4 Å². The van der Waals surface area contributed by atoms with Crippen molar-refractivity contribution in [1.29, 1.82) is 0 Å². The Morgan fingerprint density at radius 2 is 1.67 bits per heavy atom. The van der Waals surface area contributed by atoms with Gasteiger partial charge in [-0.3, -0.25) is 13.9 Å². The average Bonchev–Trinajstić information content (AvgIpc) is 3.23. The van der Waals surface area contributed by atoms with Gasteiger partial charge < -0.3 is 14.4 Å². The fraction of sp³-hybridized carbons (Fsp3) is 0.143. The van der Waals surface area contributed by atoms with Crippen molar-refractivity contribution in [3.63, 3.8) is 0 Å². The number of hydrogen-bond acceptors (Lipinski definition) is 4. The third-order valence-electron chi connectivity index (χ3n) is 6.79. The molecular weight excluding hydrogens is 461 g/mol. The third-order valence-corrected chi connectivity index (χ3v) is 6.79. The van der Waals surface area contributed by atoms with Crippen LogP contribution in [0.2, 0.25) is 0 Å². The SMILES string of the molecule is Cc1ccc([C@@H]2Oc3ccccc3-n3c(-c4ccc(F)cc4)c4c(=O)n(C)c(=O)n(C)c4c32)c(O)c1. The van der Waals surface area contributed by atoms with E-state index in [4.69, 9.17) is 4.74 Å². The molecule has 1 aliphatic rings. The van der Waals surface area contributed by atoms with Crippen LogP contribution < -0.4 is 16.0 Å². The highest BCUT2D eigenvalue weighted by atomic mass is 19.1. The number of hydrogen-bond donors (Lipinski definition) is 1. The highest BCUT2D eigenvalue weighted by molar-refractivity contribution is 5.98. The molecule has 3 heterocycles. The number of aromatic hydroxyl groups is 1. The van der Waals surface area contributed by atoms with Crippen LogP contribution in [-0.2, 0) is 14.1 Å². The molecule has 1 aliphatic heterocycles. The number of nitrogens with zero attached hydrogens (tertiary/aromatic N) is 3. The predicted molar refractivity (Wildman–Crippen MR) is 134 cm³/mol. The van der Waals surface area contributed by atoms with Gasteiger partial charge in [0.1, 0.15) is 17.3 Å². The van der Waals surface area contributed by atoms with Gasteiger partial charge >= 0.3 is 5.69 Å². The van der Waals surface area contributed by atoms with E-state index >= 15 is 0 Å². The molecule has 180 valence electrons. The van der Waals surface area contributed by atoms with Crippen molar-refractivity contribution in [3.05, 3.63) is 110 Å². The van der Waals surface area contributed by atoms with Gasteiger partial charge in [-0.25, -0.2) is 9.18 Å². The number of aryl methyl sites for hydroxylation is 2. The van der Waals surface area contributed by atoms with E-state index in [9.17, 15) is 19.1 Å². The number of rotatable bonds is 2. The molecule has 5 aromatic rings. The molecule has 7 nitrogen and oxygen atoms in total. The molecule has 1 atom stereocenters. The van der Waals surface area contributed by atoms with Gasteiger partial charge in [-0.05, 0) is 60.5 Å². The van der Waals surface area contributed by atoms with Crippen LogP contribution in [0, 0.1) is 12.7 Å². The van der Waals surface area contributed by atoms with Gasteiger partial charge in [-0.1, -0.05) is 24.3 Å². The van der Waals surface area contributed by atoms with Crippen LogP contribution in [0.25, 0.3) is 27.8 Å². The summed E-state index contributed by atoms with van der Waals surface area (Å²) in [5.41, 5.74) is 3.11. The molecule has 0 amide bonds. The first-order valence-corrected chi connectivity index (χ1v) is 11.4. The number of para-hydroxylation sites is 2. The van der Waals surface area contributed by atoms with Gasteiger partial charge in [0.15, 0.2) is 6.10 Å². The zero-order chi connectivity index (χ0) is 25.3. The van der Waals surface area contributed by atoms with Crippen LogP contribution in [0.3, 0.4) is 0 Å². The summed E-state index contributed by atoms with van der Waals surface area (Å²) in [5.74, 6) is 0.179. The molecule has 8 heteroatoms. The minimum Gasteiger partial charge on any atom is -0.508 e. The highest BCUT2D eigenvalue weighted by Gasteiger charge is 2.37. The van der Waals surface area contributed by atoms with Crippen LogP contribution in [0.4, 0.5) is 4.39 Å². The quantitative estimate of drug-likeness (QED) is 0.406. The van der Waals surface area contributed by atoms with Crippen molar-refractivity contribution >= 4 is 10.9 Å². The standard InChI is InChI=1S/C28H22FN3O4/c1-15-8-13-18(20(33)14-15)26-25-24-22(27(34)31(3)28(35)30(24)2)23(16-9-11-17(29)12-10-16)32(25)19-6-4-5-7-21(19)36-26/h4-14,26,33H,1-3H3/t26-/m0/s1. The Morgan fingerprint density at radius 3 is 2.39 bits per heavy atom. The Labute approximate surface area is 204 Å². The second kappa shape index (κ2) is 7.71. The second-order valence-electron chi connectivity index (χ2n) is 9.03. The van der Waals surface area contributed by atoms with Crippen molar-refractivity contribution in [3.8, 4) is 28.4 Å². The maximum atomic E-state index is 13.9. The number of fused-ring (bicyclic) bond motifs is 5. The van der Waals surface area contributed by atoms with Crippen molar-refractivity contribution in [2.45, 2.75) is 13.0 Å². The van der Waals surface area contributed by atoms with Crippen LogP contribution in [-0.4, -0.2) is 18.8 Å². The minimum atomic E-state index is -0.824. The van der Waals surface area contributed by atoms with Crippen LogP contribution in [0.5, 0.6) is 11.5 Å². The number of halogens is 1. The Bertz CT molecular complexity index is 1810. The van der Waals surface area contributed by atoms with E-state index in [1.165, 1.54) is 23.7 Å². The predicted octanol–water partition coefficient (Wildman–Crippen LogP) is 4.33. The van der Waals surface area contributed by atoms with Crippen molar-refractivity contribution in [2.75, 3.05) is 0 Å². The Balaban J connectivity index is 1.86. The molecule has 0 radical (unpaired) electrons. The summed E-state index contributed by atoms with van der Waals surface area (Å²) >= 11 is 0. The molecule has 0 bridgehead atoms. The summed E-state index contributed by atoms with van der Waals surface area (Å²) in [7, 11) is 3.04. The molecule has 3 aromatic carbocycles. The second-order valence-corrected chi connectivity index (χ2v) is 9.03. The molecule has 0 spiro atoms. The summed E-state index contributed by atoms with van der Waals surface area (Å²) in [4.78, 5) is 26.7. The molecule has 2 aromatic heterocycles. The van der Waals surface area contributed by atoms with Crippen LogP contribution in [0.1, 0.15) is 22.9 Å². The molecule has 1 N–H and O–H groups in total.